The molecule has 0 aliphatic carbocycles. The largest absolute Gasteiger partial charge is 0.389 e. The van der Waals surface area contributed by atoms with Crippen molar-refractivity contribution in [2.75, 3.05) is 11.4 Å². The maximum Gasteiger partial charge on any atom is 0.162 e. The molecule has 2 heterocycles. The van der Waals surface area contributed by atoms with E-state index in [0.29, 0.717) is 11.5 Å². The summed E-state index contributed by atoms with van der Waals surface area (Å²) in [5, 5.41) is 8.51. The van der Waals surface area contributed by atoms with Crippen molar-refractivity contribution in [1.29, 1.82) is 0 Å². The number of rotatable bonds is 5. The summed E-state index contributed by atoms with van der Waals surface area (Å²) in [6, 6.07) is 5.85. The third kappa shape index (κ3) is 3.33. The lowest BCUT2D eigenvalue weighted by Gasteiger charge is -2.24. The highest BCUT2D eigenvalue weighted by Crippen LogP contribution is 2.23. The number of hydrogen-bond acceptors (Lipinski definition) is 5. The molecular formula is C15H19N5S. The molecule has 0 radical (unpaired) electrons. The Bertz CT molecular complexity index is 642. The number of nitrogens with two attached hydrogens (primary N) is 1. The molecule has 0 aliphatic heterocycles. The lowest BCUT2D eigenvalue weighted by atomic mass is 10.1. The summed E-state index contributed by atoms with van der Waals surface area (Å²) in [6.45, 7) is 7.34. The maximum atomic E-state index is 5.89. The van der Waals surface area contributed by atoms with E-state index in [1.165, 1.54) is 0 Å². The van der Waals surface area contributed by atoms with Gasteiger partial charge in [0.25, 0.3) is 0 Å². The van der Waals surface area contributed by atoms with Crippen molar-refractivity contribution in [1.82, 2.24) is 15.2 Å². The molecule has 0 saturated heterocycles. The van der Waals surface area contributed by atoms with Crippen LogP contribution in [0.4, 0.5) is 5.82 Å². The second kappa shape index (κ2) is 6.58. The van der Waals surface area contributed by atoms with Crippen molar-refractivity contribution >= 4 is 23.0 Å². The van der Waals surface area contributed by atoms with Crippen molar-refractivity contribution in [3.05, 3.63) is 46.9 Å². The molecule has 0 amide bonds. The Kier molecular flexibility index (Phi) is 4.80. The van der Waals surface area contributed by atoms with Crippen molar-refractivity contribution in [2.24, 2.45) is 5.73 Å². The monoisotopic (exact) mass is 301 g/mol. The Hall–Kier alpha value is -2.08. The number of nitrogens with zero attached hydrogens (tertiary/aromatic N) is 4. The van der Waals surface area contributed by atoms with E-state index in [9.17, 15) is 0 Å². The smallest absolute Gasteiger partial charge is 0.162 e. The predicted molar refractivity (Wildman–Crippen MR) is 88.4 cm³/mol. The van der Waals surface area contributed by atoms with Gasteiger partial charge in [0.2, 0.25) is 0 Å². The molecular weight excluding hydrogens is 282 g/mol. The van der Waals surface area contributed by atoms with E-state index in [1.807, 2.05) is 32.0 Å². The van der Waals surface area contributed by atoms with Crippen LogP contribution in [0.2, 0.25) is 0 Å². The minimum Gasteiger partial charge on any atom is -0.389 e. The van der Waals surface area contributed by atoms with E-state index in [0.717, 1.165) is 34.9 Å². The van der Waals surface area contributed by atoms with Gasteiger partial charge >= 0.3 is 0 Å². The van der Waals surface area contributed by atoms with Crippen LogP contribution in [-0.2, 0) is 6.54 Å². The fourth-order valence-electron chi connectivity index (χ4n) is 2.14. The van der Waals surface area contributed by atoms with Gasteiger partial charge in [0.05, 0.1) is 23.5 Å². The first kappa shape index (κ1) is 15.3. The second-order valence-electron chi connectivity index (χ2n) is 4.81. The molecule has 0 fully saturated rings. The first-order valence-electron chi connectivity index (χ1n) is 6.83. The Balaban J connectivity index is 2.43. The third-order valence-electron chi connectivity index (χ3n) is 3.44. The zero-order valence-electron chi connectivity index (χ0n) is 12.5. The average molecular weight is 301 g/mol. The molecule has 0 aliphatic rings. The number of thiocarbonyl (C=S) groups is 1. The first-order valence-corrected chi connectivity index (χ1v) is 7.24. The highest BCUT2D eigenvalue weighted by Gasteiger charge is 2.18. The average Bonchev–Trinajstić information content (AvgIpc) is 2.48. The Labute approximate surface area is 130 Å². The molecule has 0 unspecified atom stereocenters. The highest BCUT2D eigenvalue weighted by atomic mass is 32.1. The maximum absolute atomic E-state index is 5.89. The molecule has 2 aromatic rings. The number of aromatic nitrogens is 3. The fourth-order valence-corrected chi connectivity index (χ4v) is 2.38. The lowest BCUT2D eigenvalue weighted by molar-refractivity contribution is 0.772. The third-order valence-corrected chi connectivity index (χ3v) is 3.65. The predicted octanol–water partition coefficient (Wildman–Crippen LogP) is 2.15. The standard InChI is InChI=1S/C15H19N5S/c1-4-20(9-12-7-5-6-8-17-12)15-13(14(16)21)10(2)11(3)18-19-15/h5-8H,4,9H2,1-3H3,(H2,16,21). The molecule has 0 saturated carbocycles. The highest BCUT2D eigenvalue weighted by molar-refractivity contribution is 7.80. The van der Waals surface area contributed by atoms with Gasteiger partial charge in [-0.15, -0.1) is 5.10 Å². The van der Waals surface area contributed by atoms with E-state index in [4.69, 9.17) is 18.0 Å². The van der Waals surface area contributed by atoms with E-state index < -0.39 is 0 Å². The Morgan fingerprint density at radius 3 is 2.62 bits per heavy atom. The number of hydrogen-bond donors (Lipinski definition) is 1. The zero-order valence-corrected chi connectivity index (χ0v) is 13.3. The molecule has 2 aromatic heterocycles. The molecule has 0 spiro atoms. The van der Waals surface area contributed by atoms with Crippen LogP contribution >= 0.6 is 12.2 Å². The molecule has 0 atom stereocenters. The zero-order chi connectivity index (χ0) is 15.4. The molecule has 6 heteroatoms. The van der Waals surface area contributed by atoms with Crippen LogP contribution in [0.5, 0.6) is 0 Å². The lowest BCUT2D eigenvalue weighted by Crippen LogP contribution is -2.28. The summed E-state index contributed by atoms with van der Waals surface area (Å²) in [4.78, 5) is 6.78. The molecule has 5 nitrogen and oxygen atoms in total. The van der Waals surface area contributed by atoms with Crippen LogP contribution in [-0.4, -0.2) is 26.7 Å². The minimum atomic E-state index is 0.347. The summed E-state index contributed by atoms with van der Waals surface area (Å²) in [5.41, 5.74) is 9.48. The van der Waals surface area contributed by atoms with Gasteiger partial charge < -0.3 is 10.6 Å². The molecule has 0 aromatic carbocycles. The summed E-state index contributed by atoms with van der Waals surface area (Å²) < 4.78 is 0. The van der Waals surface area contributed by atoms with Gasteiger partial charge in [-0.05, 0) is 38.5 Å². The Morgan fingerprint density at radius 2 is 2.05 bits per heavy atom. The second-order valence-corrected chi connectivity index (χ2v) is 5.25. The first-order chi connectivity index (χ1) is 10.0. The number of anilines is 1. The quantitative estimate of drug-likeness (QED) is 0.854. The summed E-state index contributed by atoms with van der Waals surface area (Å²) in [7, 11) is 0. The van der Waals surface area contributed by atoms with Gasteiger partial charge in [0.15, 0.2) is 5.82 Å². The van der Waals surface area contributed by atoms with Gasteiger partial charge in [-0.1, -0.05) is 18.3 Å². The molecule has 21 heavy (non-hydrogen) atoms. The topological polar surface area (TPSA) is 67.9 Å². The van der Waals surface area contributed by atoms with Crippen LogP contribution < -0.4 is 10.6 Å². The molecule has 2 N–H and O–H groups in total. The van der Waals surface area contributed by atoms with E-state index in [2.05, 4.69) is 27.0 Å². The van der Waals surface area contributed by atoms with Gasteiger partial charge in [-0.2, -0.15) is 5.10 Å². The summed E-state index contributed by atoms with van der Waals surface area (Å²) >= 11 is 5.20. The van der Waals surface area contributed by atoms with Crippen molar-refractivity contribution in [3.8, 4) is 0 Å². The van der Waals surface area contributed by atoms with E-state index >= 15 is 0 Å². The summed E-state index contributed by atoms with van der Waals surface area (Å²) in [5.74, 6) is 0.721. The van der Waals surface area contributed by atoms with Crippen molar-refractivity contribution in [3.63, 3.8) is 0 Å². The van der Waals surface area contributed by atoms with Crippen molar-refractivity contribution < 1.29 is 0 Å². The fraction of sp³-hybridized carbons (Fsp3) is 0.333. The van der Waals surface area contributed by atoms with Crippen molar-refractivity contribution in [2.45, 2.75) is 27.3 Å². The molecule has 2 rings (SSSR count). The van der Waals surface area contributed by atoms with Crippen LogP contribution in [0.15, 0.2) is 24.4 Å². The van der Waals surface area contributed by atoms with Crippen LogP contribution in [0.1, 0.15) is 29.4 Å². The van der Waals surface area contributed by atoms with Crippen LogP contribution in [0.3, 0.4) is 0 Å². The number of aryl methyl sites for hydroxylation is 1. The minimum absolute atomic E-state index is 0.347. The number of pyridine rings is 1. The van der Waals surface area contributed by atoms with E-state index in [-0.39, 0.29) is 0 Å². The molecule has 0 bridgehead atoms. The van der Waals surface area contributed by atoms with Gasteiger partial charge in [-0.25, -0.2) is 0 Å². The SMILES string of the molecule is CCN(Cc1ccccn1)c1nnc(C)c(C)c1C(N)=S. The van der Waals surface area contributed by atoms with Crippen LogP contribution in [0, 0.1) is 13.8 Å². The Morgan fingerprint density at radius 1 is 1.29 bits per heavy atom. The van der Waals surface area contributed by atoms with Gasteiger partial charge in [0.1, 0.15) is 4.99 Å². The van der Waals surface area contributed by atoms with E-state index in [1.54, 1.807) is 6.20 Å². The normalized spacial score (nSPS) is 10.4. The van der Waals surface area contributed by atoms with Gasteiger partial charge in [-0.3, -0.25) is 4.98 Å². The van der Waals surface area contributed by atoms with Crippen LogP contribution in [0.25, 0.3) is 0 Å². The summed E-state index contributed by atoms with van der Waals surface area (Å²) in [6.07, 6.45) is 1.78. The molecule has 110 valence electrons. The van der Waals surface area contributed by atoms with Gasteiger partial charge in [0, 0.05) is 12.7 Å².